The first-order chi connectivity index (χ1) is 11.2. The highest BCUT2D eigenvalue weighted by molar-refractivity contribution is 5.94. The minimum atomic E-state index is -0.240. The largest absolute Gasteiger partial charge is 0.372 e. The number of nitrogens with zero attached hydrogens (tertiary/aromatic N) is 1. The SMILES string of the molecule is O=C(NCCc1ccc(F)cc1)c1ccc(N2CCCC2)cc1. The van der Waals surface area contributed by atoms with Crippen LogP contribution in [-0.2, 0) is 6.42 Å². The molecule has 2 aromatic carbocycles. The van der Waals surface area contributed by atoms with E-state index in [1.807, 2.05) is 24.3 Å². The highest BCUT2D eigenvalue weighted by Crippen LogP contribution is 2.20. The van der Waals surface area contributed by atoms with E-state index in [-0.39, 0.29) is 11.7 Å². The maximum atomic E-state index is 12.8. The van der Waals surface area contributed by atoms with Crippen molar-refractivity contribution in [2.24, 2.45) is 0 Å². The Labute approximate surface area is 136 Å². The Balaban J connectivity index is 1.50. The summed E-state index contributed by atoms with van der Waals surface area (Å²) in [5.74, 6) is -0.309. The molecule has 2 aromatic rings. The molecule has 0 bridgehead atoms. The van der Waals surface area contributed by atoms with E-state index in [9.17, 15) is 9.18 Å². The van der Waals surface area contributed by atoms with Crippen LogP contribution in [0.15, 0.2) is 48.5 Å². The Kier molecular flexibility index (Phi) is 4.91. The fourth-order valence-corrected chi connectivity index (χ4v) is 2.87. The zero-order valence-corrected chi connectivity index (χ0v) is 13.1. The highest BCUT2D eigenvalue weighted by atomic mass is 19.1. The number of rotatable bonds is 5. The van der Waals surface area contributed by atoms with Crippen molar-refractivity contribution in [2.75, 3.05) is 24.5 Å². The van der Waals surface area contributed by atoms with Crippen LogP contribution < -0.4 is 10.2 Å². The Hall–Kier alpha value is -2.36. The van der Waals surface area contributed by atoms with Gasteiger partial charge in [0.25, 0.3) is 5.91 Å². The van der Waals surface area contributed by atoms with Gasteiger partial charge in [-0.05, 0) is 61.2 Å². The molecule has 1 saturated heterocycles. The van der Waals surface area contributed by atoms with E-state index in [2.05, 4.69) is 10.2 Å². The molecule has 1 N–H and O–H groups in total. The van der Waals surface area contributed by atoms with Crippen molar-refractivity contribution < 1.29 is 9.18 Å². The van der Waals surface area contributed by atoms with Crippen molar-refractivity contribution in [2.45, 2.75) is 19.3 Å². The standard InChI is InChI=1S/C19H21FN2O/c20-17-7-3-15(4-8-17)11-12-21-19(23)16-5-9-18(10-6-16)22-13-1-2-14-22/h3-10H,1-2,11-14H2,(H,21,23). The average molecular weight is 312 g/mol. The maximum Gasteiger partial charge on any atom is 0.251 e. The molecular formula is C19H21FN2O. The number of carbonyl (C=O) groups excluding carboxylic acids is 1. The number of carbonyl (C=O) groups is 1. The summed E-state index contributed by atoms with van der Waals surface area (Å²) < 4.78 is 12.8. The Bertz CT molecular complexity index is 646. The Morgan fingerprint density at radius 3 is 2.30 bits per heavy atom. The minimum Gasteiger partial charge on any atom is -0.372 e. The van der Waals surface area contributed by atoms with Gasteiger partial charge in [-0.25, -0.2) is 4.39 Å². The normalized spacial score (nSPS) is 14.0. The lowest BCUT2D eigenvalue weighted by molar-refractivity contribution is 0.0954. The van der Waals surface area contributed by atoms with E-state index in [1.54, 1.807) is 12.1 Å². The van der Waals surface area contributed by atoms with E-state index < -0.39 is 0 Å². The van der Waals surface area contributed by atoms with Gasteiger partial charge in [0.05, 0.1) is 0 Å². The van der Waals surface area contributed by atoms with Gasteiger partial charge in [0.1, 0.15) is 5.82 Å². The first-order valence-electron chi connectivity index (χ1n) is 8.10. The second-order valence-corrected chi connectivity index (χ2v) is 5.87. The van der Waals surface area contributed by atoms with Crippen LogP contribution in [-0.4, -0.2) is 25.5 Å². The zero-order valence-electron chi connectivity index (χ0n) is 13.1. The highest BCUT2D eigenvalue weighted by Gasteiger charge is 2.12. The molecule has 0 aromatic heterocycles. The molecule has 0 saturated carbocycles. The number of benzene rings is 2. The number of hydrogen-bond donors (Lipinski definition) is 1. The monoisotopic (exact) mass is 312 g/mol. The summed E-state index contributed by atoms with van der Waals surface area (Å²) in [6.45, 7) is 2.74. The molecule has 0 atom stereocenters. The van der Waals surface area contributed by atoms with E-state index in [1.165, 1.54) is 30.7 Å². The molecule has 1 aliphatic heterocycles. The second kappa shape index (κ2) is 7.27. The lowest BCUT2D eigenvalue weighted by Crippen LogP contribution is -2.25. The zero-order chi connectivity index (χ0) is 16.1. The molecule has 0 spiro atoms. The third-order valence-corrected chi connectivity index (χ3v) is 4.21. The molecule has 0 unspecified atom stereocenters. The van der Waals surface area contributed by atoms with Crippen LogP contribution in [0.2, 0.25) is 0 Å². The van der Waals surface area contributed by atoms with Crippen molar-refractivity contribution in [3.05, 3.63) is 65.5 Å². The van der Waals surface area contributed by atoms with Gasteiger partial charge < -0.3 is 10.2 Å². The molecule has 0 radical (unpaired) electrons. The fourth-order valence-electron chi connectivity index (χ4n) is 2.87. The summed E-state index contributed by atoms with van der Waals surface area (Å²) in [5, 5.41) is 2.90. The van der Waals surface area contributed by atoms with Crippen LogP contribution in [0.3, 0.4) is 0 Å². The number of halogens is 1. The molecule has 1 aliphatic rings. The van der Waals surface area contributed by atoms with Crippen LogP contribution >= 0.6 is 0 Å². The molecule has 1 amide bonds. The fraction of sp³-hybridized carbons (Fsp3) is 0.316. The van der Waals surface area contributed by atoms with Crippen molar-refractivity contribution in [1.29, 1.82) is 0 Å². The molecule has 3 rings (SSSR count). The van der Waals surface area contributed by atoms with Crippen molar-refractivity contribution in [3.8, 4) is 0 Å². The molecular weight excluding hydrogens is 291 g/mol. The van der Waals surface area contributed by atoms with Gasteiger partial charge in [0, 0.05) is 30.9 Å². The Morgan fingerprint density at radius 2 is 1.65 bits per heavy atom. The van der Waals surface area contributed by atoms with Crippen molar-refractivity contribution in [3.63, 3.8) is 0 Å². The lowest BCUT2D eigenvalue weighted by atomic mass is 10.1. The quantitative estimate of drug-likeness (QED) is 0.918. The van der Waals surface area contributed by atoms with Gasteiger partial charge in [-0.15, -0.1) is 0 Å². The smallest absolute Gasteiger partial charge is 0.251 e. The van der Waals surface area contributed by atoms with Crippen LogP contribution in [0.25, 0.3) is 0 Å². The number of amides is 1. The average Bonchev–Trinajstić information content (AvgIpc) is 3.11. The molecule has 1 heterocycles. The van der Waals surface area contributed by atoms with Crippen LogP contribution in [0, 0.1) is 5.82 Å². The van der Waals surface area contributed by atoms with E-state index in [0.717, 1.165) is 18.7 Å². The minimum absolute atomic E-state index is 0.0694. The van der Waals surface area contributed by atoms with E-state index in [0.29, 0.717) is 18.5 Å². The van der Waals surface area contributed by atoms with Gasteiger partial charge in [-0.3, -0.25) is 4.79 Å². The number of nitrogens with one attached hydrogen (secondary N) is 1. The predicted octanol–water partition coefficient (Wildman–Crippen LogP) is 3.40. The third-order valence-electron chi connectivity index (χ3n) is 4.21. The summed E-state index contributed by atoms with van der Waals surface area (Å²) in [7, 11) is 0. The first kappa shape index (κ1) is 15.5. The summed E-state index contributed by atoms with van der Waals surface area (Å²) in [4.78, 5) is 14.5. The van der Waals surface area contributed by atoms with Crippen molar-refractivity contribution >= 4 is 11.6 Å². The van der Waals surface area contributed by atoms with Crippen LogP contribution in [0.4, 0.5) is 10.1 Å². The van der Waals surface area contributed by atoms with Crippen LogP contribution in [0.5, 0.6) is 0 Å². The molecule has 4 heteroatoms. The third kappa shape index (κ3) is 4.09. The predicted molar refractivity (Wildman–Crippen MR) is 90.3 cm³/mol. The molecule has 0 aliphatic carbocycles. The lowest BCUT2D eigenvalue weighted by Gasteiger charge is -2.17. The number of hydrogen-bond acceptors (Lipinski definition) is 2. The molecule has 3 nitrogen and oxygen atoms in total. The van der Waals surface area contributed by atoms with E-state index in [4.69, 9.17) is 0 Å². The summed E-state index contributed by atoms with van der Waals surface area (Å²) >= 11 is 0. The summed E-state index contributed by atoms with van der Waals surface area (Å²) in [5.41, 5.74) is 2.87. The van der Waals surface area contributed by atoms with Crippen molar-refractivity contribution in [1.82, 2.24) is 5.32 Å². The van der Waals surface area contributed by atoms with Gasteiger partial charge in [-0.2, -0.15) is 0 Å². The number of anilines is 1. The topological polar surface area (TPSA) is 32.3 Å². The Morgan fingerprint density at radius 1 is 1.00 bits per heavy atom. The van der Waals surface area contributed by atoms with Gasteiger partial charge in [0.15, 0.2) is 0 Å². The van der Waals surface area contributed by atoms with Gasteiger partial charge in [0.2, 0.25) is 0 Å². The van der Waals surface area contributed by atoms with Gasteiger partial charge in [-0.1, -0.05) is 12.1 Å². The van der Waals surface area contributed by atoms with E-state index >= 15 is 0 Å². The van der Waals surface area contributed by atoms with Gasteiger partial charge >= 0.3 is 0 Å². The molecule has 120 valence electrons. The second-order valence-electron chi connectivity index (χ2n) is 5.87. The molecule has 23 heavy (non-hydrogen) atoms. The summed E-state index contributed by atoms with van der Waals surface area (Å²) in [6, 6.07) is 14.1. The first-order valence-corrected chi connectivity index (χ1v) is 8.10. The van der Waals surface area contributed by atoms with Crippen LogP contribution in [0.1, 0.15) is 28.8 Å². The maximum absolute atomic E-state index is 12.8. The molecule has 1 fully saturated rings. The summed E-state index contributed by atoms with van der Waals surface area (Å²) in [6.07, 6.45) is 3.18.